The second-order valence-electron chi connectivity index (χ2n) is 6.77. The van der Waals surface area contributed by atoms with Crippen LogP contribution in [0.2, 0.25) is 0 Å². The van der Waals surface area contributed by atoms with Crippen molar-refractivity contribution in [3.8, 4) is 11.5 Å². The lowest BCUT2D eigenvalue weighted by Gasteiger charge is -2.13. The molecule has 1 aromatic heterocycles. The number of aromatic nitrogens is 1. The number of hydrogen-bond acceptors (Lipinski definition) is 5. The van der Waals surface area contributed by atoms with Crippen LogP contribution >= 0.6 is 0 Å². The molecule has 2 N–H and O–H groups in total. The van der Waals surface area contributed by atoms with Gasteiger partial charge < -0.3 is 20.1 Å². The Balaban J connectivity index is 1.60. The van der Waals surface area contributed by atoms with E-state index in [1.165, 1.54) is 18.4 Å². The standard InChI is InChI=1S/C22H27N3O3/c1-27-20-9-8-18(13-21(20)28-2)25-19-12-17(14-23-15-19)22(26)24-11-10-16-6-4-3-5-7-16/h6,8-9,12-15,25H,3-5,7,10-11H2,1-2H3,(H,24,26). The summed E-state index contributed by atoms with van der Waals surface area (Å²) in [6, 6.07) is 7.33. The zero-order valence-electron chi connectivity index (χ0n) is 16.5. The predicted octanol–water partition coefficient (Wildman–Crippen LogP) is 4.46. The van der Waals surface area contributed by atoms with E-state index in [-0.39, 0.29) is 5.91 Å². The summed E-state index contributed by atoms with van der Waals surface area (Å²) in [6.07, 6.45) is 11.3. The minimum atomic E-state index is -0.111. The molecule has 3 rings (SSSR count). The van der Waals surface area contributed by atoms with Crippen LogP contribution in [0.15, 0.2) is 48.3 Å². The van der Waals surface area contributed by atoms with Gasteiger partial charge in [-0.05, 0) is 50.3 Å². The van der Waals surface area contributed by atoms with Crippen LogP contribution in [0.25, 0.3) is 0 Å². The van der Waals surface area contributed by atoms with Crippen LogP contribution in [0.1, 0.15) is 42.5 Å². The van der Waals surface area contributed by atoms with E-state index in [1.54, 1.807) is 32.7 Å². The first-order chi connectivity index (χ1) is 13.7. The van der Waals surface area contributed by atoms with Crippen LogP contribution < -0.4 is 20.1 Å². The summed E-state index contributed by atoms with van der Waals surface area (Å²) in [5, 5.41) is 6.23. The van der Waals surface area contributed by atoms with Gasteiger partial charge in [-0.1, -0.05) is 11.6 Å². The molecule has 0 radical (unpaired) electrons. The van der Waals surface area contributed by atoms with Gasteiger partial charge in [0.1, 0.15) is 0 Å². The van der Waals surface area contributed by atoms with Crippen molar-refractivity contribution in [3.63, 3.8) is 0 Å². The highest BCUT2D eigenvalue weighted by Gasteiger charge is 2.10. The molecule has 0 unspecified atom stereocenters. The molecule has 6 nitrogen and oxygen atoms in total. The number of nitrogens with one attached hydrogen (secondary N) is 2. The Morgan fingerprint density at radius 2 is 1.93 bits per heavy atom. The van der Waals surface area contributed by atoms with Crippen LogP contribution in [0.4, 0.5) is 11.4 Å². The number of allylic oxidation sites excluding steroid dienone is 1. The lowest BCUT2D eigenvalue weighted by Crippen LogP contribution is -2.25. The predicted molar refractivity (Wildman–Crippen MR) is 111 cm³/mol. The van der Waals surface area contributed by atoms with Gasteiger partial charge in [-0.25, -0.2) is 0 Å². The molecule has 0 atom stereocenters. The van der Waals surface area contributed by atoms with E-state index in [9.17, 15) is 4.79 Å². The molecule has 148 valence electrons. The number of anilines is 2. The summed E-state index contributed by atoms with van der Waals surface area (Å²) in [5.41, 5.74) is 3.53. The SMILES string of the molecule is COc1ccc(Nc2cncc(C(=O)NCCC3=CCCCC3)c2)cc1OC. The molecule has 2 aromatic rings. The quantitative estimate of drug-likeness (QED) is 0.661. The van der Waals surface area contributed by atoms with Crippen molar-refractivity contribution < 1.29 is 14.3 Å². The highest BCUT2D eigenvalue weighted by Crippen LogP contribution is 2.31. The fraction of sp³-hybridized carbons (Fsp3) is 0.364. The summed E-state index contributed by atoms with van der Waals surface area (Å²) in [5.74, 6) is 1.18. The minimum absolute atomic E-state index is 0.111. The molecule has 0 saturated heterocycles. The number of amides is 1. The molecule has 1 aliphatic carbocycles. The second-order valence-corrected chi connectivity index (χ2v) is 6.77. The molecule has 0 saturated carbocycles. The summed E-state index contributed by atoms with van der Waals surface area (Å²) < 4.78 is 10.6. The number of pyridine rings is 1. The Morgan fingerprint density at radius 1 is 1.07 bits per heavy atom. The third-order valence-corrected chi connectivity index (χ3v) is 4.79. The number of hydrogen-bond donors (Lipinski definition) is 2. The van der Waals surface area contributed by atoms with Gasteiger partial charge in [0.05, 0.1) is 31.7 Å². The fourth-order valence-electron chi connectivity index (χ4n) is 3.28. The number of carbonyl (C=O) groups excluding carboxylic acids is 1. The number of ether oxygens (including phenoxy) is 2. The van der Waals surface area contributed by atoms with Crippen molar-refractivity contribution in [2.24, 2.45) is 0 Å². The molecule has 0 fully saturated rings. The van der Waals surface area contributed by atoms with Crippen molar-refractivity contribution >= 4 is 17.3 Å². The molecule has 0 aliphatic heterocycles. The van der Waals surface area contributed by atoms with Crippen molar-refractivity contribution in [3.05, 3.63) is 53.9 Å². The summed E-state index contributed by atoms with van der Waals surface area (Å²) in [7, 11) is 3.19. The lowest BCUT2D eigenvalue weighted by molar-refractivity contribution is 0.0953. The van der Waals surface area contributed by atoms with Gasteiger partial charge in [0.2, 0.25) is 0 Å². The van der Waals surface area contributed by atoms with E-state index in [0.717, 1.165) is 30.6 Å². The molecular formula is C22H27N3O3. The largest absolute Gasteiger partial charge is 0.493 e. The average molecular weight is 381 g/mol. The van der Waals surface area contributed by atoms with E-state index in [0.29, 0.717) is 23.6 Å². The number of methoxy groups -OCH3 is 2. The monoisotopic (exact) mass is 381 g/mol. The maximum Gasteiger partial charge on any atom is 0.252 e. The van der Waals surface area contributed by atoms with Crippen LogP contribution in [0.3, 0.4) is 0 Å². The molecule has 1 amide bonds. The van der Waals surface area contributed by atoms with Crippen molar-refractivity contribution in [1.82, 2.24) is 10.3 Å². The summed E-state index contributed by atoms with van der Waals surface area (Å²) in [6.45, 7) is 0.651. The molecule has 1 heterocycles. The van der Waals surface area contributed by atoms with E-state index in [2.05, 4.69) is 21.7 Å². The Kier molecular flexibility index (Phi) is 6.89. The number of carbonyl (C=O) groups is 1. The van der Waals surface area contributed by atoms with Crippen LogP contribution in [0, 0.1) is 0 Å². The maximum absolute atomic E-state index is 12.4. The fourth-order valence-corrected chi connectivity index (χ4v) is 3.28. The number of benzene rings is 1. The number of rotatable bonds is 8. The van der Waals surface area contributed by atoms with Gasteiger partial charge in [-0.2, -0.15) is 0 Å². The van der Waals surface area contributed by atoms with E-state index in [1.807, 2.05) is 18.2 Å². The zero-order chi connectivity index (χ0) is 19.8. The molecule has 1 aromatic carbocycles. The lowest BCUT2D eigenvalue weighted by atomic mass is 9.97. The third-order valence-electron chi connectivity index (χ3n) is 4.79. The first kappa shape index (κ1) is 19.7. The molecular weight excluding hydrogens is 354 g/mol. The van der Waals surface area contributed by atoms with Gasteiger partial charge in [-0.3, -0.25) is 9.78 Å². The van der Waals surface area contributed by atoms with Crippen LogP contribution in [-0.2, 0) is 0 Å². The number of nitrogens with zero attached hydrogens (tertiary/aromatic N) is 1. The molecule has 28 heavy (non-hydrogen) atoms. The highest BCUT2D eigenvalue weighted by atomic mass is 16.5. The van der Waals surface area contributed by atoms with Crippen LogP contribution in [-0.4, -0.2) is 31.7 Å². The first-order valence-corrected chi connectivity index (χ1v) is 9.60. The van der Waals surface area contributed by atoms with Gasteiger partial charge in [0, 0.05) is 24.5 Å². The Labute approximate surface area is 166 Å². The normalized spacial score (nSPS) is 13.4. The van der Waals surface area contributed by atoms with Crippen molar-refractivity contribution in [2.75, 3.05) is 26.1 Å². The van der Waals surface area contributed by atoms with Crippen LogP contribution in [0.5, 0.6) is 11.5 Å². The zero-order valence-corrected chi connectivity index (χ0v) is 16.5. The summed E-state index contributed by atoms with van der Waals surface area (Å²) >= 11 is 0. The molecule has 0 spiro atoms. The van der Waals surface area contributed by atoms with E-state index < -0.39 is 0 Å². The van der Waals surface area contributed by atoms with Gasteiger partial charge in [-0.15, -0.1) is 0 Å². The smallest absolute Gasteiger partial charge is 0.252 e. The van der Waals surface area contributed by atoms with Gasteiger partial charge >= 0.3 is 0 Å². The molecule has 1 aliphatic rings. The topological polar surface area (TPSA) is 72.5 Å². The maximum atomic E-state index is 12.4. The summed E-state index contributed by atoms with van der Waals surface area (Å²) in [4.78, 5) is 16.6. The Bertz CT molecular complexity index is 849. The minimum Gasteiger partial charge on any atom is -0.493 e. The van der Waals surface area contributed by atoms with Crippen molar-refractivity contribution in [1.29, 1.82) is 0 Å². The first-order valence-electron chi connectivity index (χ1n) is 9.60. The molecule has 0 bridgehead atoms. The van der Waals surface area contributed by atoms with Gasteiger partial charge in [0.15, 0.2) is 11.5 Å². The van der Waals surface area contributed by atoms with E-state index >= 15 is 0 Å². The average Bonchev–Trinajstić information content (AvgIpc) is 2.74. The Morgan fingerprint density at radius 3 is 2.68 bits per heavy atom. The third kappa shape index (κ3) is 5.25. The van der Waals surface area contributed by atoms with Crippen molar-refractivity contribution in [2.45, 2.75) is 32.1 Å². The Hall–Kier alpha value is -3.02. The molecule has 6 heteroatoms. The van der Waals surface area contributed by atoms with E-state index in [4.69, 9.17) is 9.47 Å². The highest BCUT2D eigenvalue weighted by molar-refractivity contribution is 5.94. The van der Waals surface area contributed by atoms with Gasteiger partial charge in [0.25, 0.3) is 5.91 Å². The second kappa shape index (κ2) is 9.78.